The molecule has 1 heterocycles. The van der Waals surface area contributed by atoms with Gasteiger partial charge in [0.1, 0.15) is 0 Å². The average Bonchev–Trinajstić information content (AvgIpc) is 2.89. The molecule has 3 rings (SSSR count). The summed E-state index contributed by atoms with van der Waals surface area (Å²) in [7, 11) is 0. The van der Waals surface area contributed by atoms with Crippen LogP contribution < -0.4 is 0 Å². The molecule has 1 amide bonds. The first-order valence-electron chi connectivity index (χ1n) is 6.58. The molecule has 4 unspecified atom stereocenters. The van der Waals surface area contributed by atoms with Gasteiger partial charge in [0, 0.05) is 23.8 Å². The van der Waals surface area contributed by atoms with Crippen molar-refractivity contribution >= 4 is 21.8 Å². The number of carbonyl (C=O) groups is 1. The summed E-state index contributed by atoms with van der Waals surface area (Å²) in [6, 6.07) is 0. The molecule has 2 nitrogen and oxygen atoms in total. The lowest BCUT2D eigenvalue weighted by Gasteiger charge is -2.35. The Hall–Kier alpha value is -0.0500. The van der Waals surface area contributed by atoms with Crippen molar-refractivity contribution in [2.75, 3.05) is 13.1 Å². The summed E-state index contributed by atoms with van der Waals surface area (Å²) in [6.45, 7) is 4.17. The molecule has 3 fully saturated rings. The second kappa shape index (κ2) is 4.01. The highest BCUT2D eigenvalue weighted by Crippen LogP contribution is 2.54. The lowest BCUT2D eigenvalue weighted by atomic mass is 9.96. The molecular formula is C13H20BrNO. The summed E-state index contributed by atoms with van der Waals surface area (Å²) in [5, 5.41) is 0. The first-order chi connectivity index (χ1) is 7.65. The van der Waals surface area contributed by atoms with E-state index in [9.17, 15) is 4.79 Å². The van der Waals surface area contributed by atoms with Crippen molar-refractivity contribution in [3.05, 3.63) is 0 Å². The number of hydrogen-bond donors (Lipinski definition) is 0. The molecule has 2 saturated carbocycles. The first kappa shape index (κ1) is 11.1. The summed E-state index contributed by atoms with van der Waals surface area (Å²) in [5.41, 5.74) is 0. The molecule has 90 valence electrons. The molecule has 0 spiro atoms. The van der Waals surface area contributed by atoms with Crippen molar-refractivity contribution < 1.29 is 4.79 Å². The van der Waals surface area contributed by atoms with Gasteiger partial charge in [0.05, 0.1) is 0 Å². The summed E-state index contributed by atoms with van der Waals surface area (Å²) in [5.74, 6) is 3.36. The van der Waals surface area contributed by atoms with E-state index in [0.29, 0.717) is 22.6 Å². The number of hydrogen-bond acceptors (Lipinski definition) is 1. The molecule has 1 aliphatic heterocycles. The van der Waals surface area contributed by atoms with Gasteiger partial charge in [-0.05, 0) is 43.4 Å². The molecule has 4 atom stereocenters. The Morgan fingerprint density at radius 1 is 1.25 bits per heavy atom. The van der Waals surface area contributed by atoms with Crippen LogP contribution in [0.25, 0.3) is 0 Å². The van der Waals surface area contributed by atoms with E-state index in [1.165, 1.54) is 19.3 Å². The Labute approximate surface area is 106 Å². The van der Waals surface area contributed by atoms with Gasteiger partial charge in [-0.1, -0.05) is 22.9 Å². The Morgan fingerprint density at radius 3 is 2.56 bits per heavy atom. The van der Waals surface area contributed by atoms with E-state index in [4.69, 9.17) is 0 Å². The maximum atomic E-state index is 12.3. The molecular weight excluding hydrogens is 266 g/mol. The van der Waals surface area contributed by atoms with Crippen molar-refractivity contribution in [3.63, 3.8) is 0 Å². The number of nitrogens with zero attached hydrogens (tertiary/aromatic N) is 1. The molecule has 0 aromatic carbocycles. The summed E-state index contributed by atoms with van der Waals surface area (Å²) in [6.07, 6.45) is 4.92. The molecule has 3 aliphatic rings. The second-order valence-corrected chi connectivity index (χ2v) is 7.17. The van der Waals surface area contributed by atoms with Crippen molar-refractivity contribution in [1.82, 2.24) is 4.90 Å². The van der Waals surface area contributed by atoms with Crippen LogP contribution >= 0.6 is 15.9 Å². The minimum Gasteiger partial charge on any atom is -0.341 e. The van der Waals surface area contributed by atoms with Crippen molar-refractivity contribution in [3.8, 4) is 0 Å². The molecule has 16 heavy (non-hydrogen) atoms. The predicted molar refractivity (Wildman–Crippen MR) is 67.4 cm³/mol. The molecule has 0 radical (unpaired) electrons. The van der Waals surface area contributed by atoms with Crippen LogP contribution in [0, 0.1) is 23.7 Å². The number of rotatable bonds is 1. The van der Waals surface area contributed by atoms with E-state index in [1.807, 2.05) is 0 Å². The SMILES string of the molecule is CC1CCN(C(=O)C2CC3CC3C2)CC1Br. The lowest BCUT2D eigenvalue weighted by molar-refractivity contribution is -0.136. The normalized spacial score (nSPS) is 46.6. The predicted octanol–water partition coefficient (Wildman–Crippen LogP) is 2.66. The number of alkyl halides is 1. The van der Waals surface area contributed by atoms with Crippen molar-refractivity contribution in [2.45, 2.75) is 37.4 Å². The highest BCUT2D eigenvalue weighted by molar-refractivity contribution is 9.09. The molecule has 3 heteroatoms. The van der Waals surface area contributed by atoms with Gasteiger partial charge in [-0.15, -0.1) is 0 Å². The molecule has 1 saturated heterocycles. The number of likely N-dealkylation sites (tertiary alicyclic amines) is 1. The van der Waals surface area contributed by atoms with Gasteiger partial charge in [0.15, 0.2) is 0 Å². The fourth-order valence-corrected chi connectivity index (χ4v) is 4.01. The van der Waals surface area contributed by atoms with Gasteiger partial charge in [0.2, 0.25) is 5.91 Å². The minimum absolute atomic E-state index is 0.372. The van der Waals surface area contributed by atoms with Crippen LogP contribution in [-0.4, -0.2) is 28.7 Å². The largest absolute Gasteiger partial charge is 0.341 e. The number of piperidine rings is 1. The van der Waals surface area contributed by atoms with Crippen LogP contribution in [0.4, 0.5) is 0 Å². The molecule has 0 aromatic heterocycles. The fourth-order valence-electron chi connectivity index (χ4n) is 3.40. The first-order valence-corrected chi connectivity index (χ1v) is 7.49. The van der Waals surface area contributed by atoms with E-state index in [-0.39, 0.29) is 0 Å². The third-order valence-electron chi connectivity index (χ3n) is 4.77. The summed E-state index contributed by atoms with van der Waals surface area (Å²) in [4.78, 5) is 14.9. The minimum atomic E-state index is 0.372. The topological polar surface area (TPSA) is 20.3 Å². The quantitative estimate of drug-likeness (QED) is 0.679. The maximum Gasteiger partial charge on any atom is 0.225 e. The van der Waals surface area contributed by atoms with Gasteiger partial charge in [-0.2, -0.15) is 0 Å². The van der Waals surface area contributed by atoms with Crippen LogP contribution in [0.3, 0.4) is 0 Å². The van der Waals surface area contributed by atoms with Crippen LogP contribution in [0.2, 0.25) is 0 Å². The average molecular weight is 286 g/mol. The summed E-state index contributed by atoms with van der Waals surface area (Å²) < 4.78 is 0. The third-order valence-corrected chi connectivity index (χ3v) is 5.96. The second-order valence-electron chi connectivity index (χ2n) is 5.99. The van der Waals surface area contributed by atoms with E-state index in [1.54, 1.807) is 0 Å². The van der Waals surface area contributed by atoms with Gasteiger partial charge >= 0.3 is 0 Å². The molecule has 2 aliphatic carbocycles. The van der Waals surface area contributed by atoms with Crippen LogP contribution in [-0.2, 0) is 4.79 Å². The van der Waals surface area contributed by atoms with Crippen molar-refractivity contribution in [2.24, 2.45) is 23.7 Å². The fraction of sp³-hybridized carbons (Fsp3) is 0.923. The molecule has 0 N–H and O–H groups in total. The number of carbonyl (C=O) groups excluding carboxylic acids is 1. The Balaban J connectivity index is 1.58. The number of fused-ring (bicyclic) bond motifs is 1. The third kappa shape index (κ3) is 1.92. The summed E-state index contributed by atoms with van der Waals surface area (Å²) >= 11 is 3.70. The highest BCUT2D eigenvalue weighted by Gasteiger charge is 2.49. The highest BCUT2D eigenvalue weighted by atomic mass is 79.9. The van der Waals surface area contributed by atoms with Crippen LogP contribution in [0.1, 0.15) is 32.6 Å². The number of halogens is 1. The Kier molecular flexibility index (Phi) is 2.77. The van der Waals surface area contributed by atoms with Crippen LogP contribution in [0.15, 0.2) is 0 Å². The maximum absolute atomic E-state index is 12.3. The van der Waals surface area contributed by atoms with Gasteiger partial charge in [-0.3, -0.25) is 4.79 Å². The van der Waals surface area contributed by atoms with Gasteiger partial charge in [-0.25, -0.2) is 0 Å². The standard InChI is InChI=1S/C13H20BrNO/c1-8-2-3-15(7-12(8)14)13(16)11-5-9-4-10(9)6-11/h8-12H,2-7H2,1H3. The lowest BCUT2D eigenvalue weighted by Crippen LogP contribution is -2.45. The van der Waals surface area contributed by atoms with Gasteiger partial charge in [0.25, 0.3) is 0 Å². The van der Waals surface area contributed by atoms with Crippen molar-refractivity contribution in [1.29, 1.82) is 0 Å². The molecule has 0 aromatic rings. The Bertz CT molecular complexity index is 296. The zero-order chi connectivity index (χ0) is 11.3. The van der Waals surface area contributed by atoms with Gasteiger partial charge < -0.3 is 4.90 Å². The monoisotopic (exact) mass is 285 g/mol. The van der Waals surface area contributed by atoms with E-state index >= 15 is 0 Å². The number of amides is 1. The smallest absolute Gasteiger partial charge is 0.225 e. The van der Waals surface area contributed by atoms with E-state index in [0.717, 1.165) is 31.3 Å². The van der Waals surface area contributed by atoms with E-state index in [2.05, 4.69) is 27.8 Å². The molecule has 0 bridgehead atoms. The van der Waals surface area contributed by atoms with Crippen LogP contribution in [0.5, 0.6) is 0 Å². The zero-order valence-electron chi connectivity index (χ0n) is 9.86. The zero-order valence-corrected chi connectivity index (χ0v) is 11.4. The Morgan fingerprint density at radius 2 is 1.94 bits per heavy atom. The van der Waals surface area contributed by atoms with E-state index < -0.39 is 0 Å².